The molecule has 0 fully saturated rings. The summed E-state index contributed by atoms with van der Waals surface area (Å²) >= 11 is 8.71. The predicted molar refractivity (Wildman–Crippen MR) is 51.2 cm³/mol. The molecular formula is C7H6BrClF2N2. The first kappa shape index (κ1) is 10.7. The Balaban J connectivity index is 3.23. The first-order chi connectivity index (χ1) is 6.06. The number of aromatic nitrogens is 1. The van der Waals surface area contributed by atoms with E-state index in [0.717, 1.165) is 0 Å². The number of anilines is 1. The van der Waals surface area contributed by atoms with Crippen LogP contribution in [-0.4, -0.2) is 4.98 Å². The average molecular weight is 271 g/mol. The highest BCUT2D eigenvalue weighted by Gasteiger charge is 2.17. The molecule has 0 amide bonds. The maximum atomic E-state index is 12.3. The second-order valence-electron chi connectivity index (χ2n) is 2.33. The van der Waals surface area contributed by atoms with Gasteiger partial charge in [-0.3, -0.25) is 0 Å². The minimum Gasteiger partial charge on any atom is -0.383 e. The molecule has 2 N–H and O–H groups in total. The number of alkyl halides is 3. The van der Waals surface area contributed by atoms with Gasteiger partial charge >= 0.3 is 0 Å². The van der Waals surface area contributed by atoms with Crippen LogP contribution < -0.4 is 5.73 Å². The molecule has 0 saturated heterocycles. The van der Waals surface area contributed by atoms with Gasteiger partial charge in [-0.25, -0.2) is 13.8 Å². The Hall–Kier alpha value is -0.420. The largest absolute Gasteiger partial charge is 0.383 e. The Morgan fingerprint density at radius 1 is 1.62 bits per heavy atom. The highest BCUT2D eigenvalue weighted by Crippen LogP contribution is 2.31. The first-order valence-electron chi connectivity index (χ1n) is 3.35. The summed E-state index contributed by atoms with van der Waals surface area (Å²) in [5.41, 5.74) is 5.44. The third-order valence-electron chi connectivity index (χ3n) is 1.45. The zero-order chi connectivity index (χ0) is 10.0. The quantitative estimate of drug-likeness (QED) is 0.839. The van der Waals surface area contributed by atoms with Crippen molar-refractivity contribution in [2.45, 2.75) is 11.8 Å². The fourth-order valence-corrected chi connectivity index (χ4v) is 1.47. The number of nitrogen functional groups attached to an aromatic ring is 1. The van der Waals surface area contributed by atoms with Crippen molar-refractivity contribution in [3.63, 3.8) is 0 Å². The average Bonchev–Trinajstić information content (AvgIpc) is 2.02. The Morgan fingerprint density at radius 2 is 2.23 bits per heavy atom. The molecular weight excluding hydrogens is 265 g/mol. The lowest BCUT2D eigenvalue weighted by atomic mass is 10.2. The third-order valence-corrected chi connectivity index (χ3v) is 2.33. The minimum atomic E-state index is -2.69. The monoisotopic (exact) mass is 270 g/mol. The van der Waals surface area contributed by atoms with Crippen molar-refractivity contribution in [2.75, 3.05) is 5.73 Å². The van der Waals surface area contributed by atoms with Crippen LogP contribution in [0.1, 0.15) is 17.7 Å². The Labute approximate surface area is 87.2 Å². The third kappa shape index (κ3) is 2.28. The van der Waals surface area contributed by atoms with E-state index in [1.807, 2.05) is 0 Å². The van der Waals surface area contributed by atoms with E-state index < -0.39 is 12.0 Å². The number of rotatable bonds is 2. The van der Waals surface area contributed by atoms with Crippen molar-refractivity contribution >= 4 is 33.3 Å². The van der Waals surface area contributed by atoms with Crippen molar-refractivity contribution in [1.82, 2.24) is 4.98 Å². The van der Waals surface area contributed by atoms with Crippen LogP contribution in [0.5, 0.6) is 0 Å². The lowest BCUT2D eigenvalue weighted by Crippen LogP contribution is -2.01. The Bertz CT molecular complexity index is 296. The number of halogens is 4. The molecule has 0 radical (unpaired) electrons. The van der Waals surface area contributed by atoms with Gasteiger partial charge in [-0.15, -0.1) is 0 Å². The van der Waals surface area contributed by atoms with Crippen LogP contribution in [0.25, 0.3) is 0 Å². The van der Waals surface area contributed by atoms with Gasteiger partial charge in [0, 0.05) is 5.33 Å². The molecule has 0 aliphatic rings. The van der Waals surface area contributed by atoms with E-state index >= 15 is 0 Å². The van der Waals surface area contributed by atoms with E-state index in [-0.39, 0.29) is 10.8 Å². The van der Waals surface area contributed by atoms with Gasteiger partial charge < -0.3 is 5.73 Å². The molecule has 1 aromatic rings. The van der Waals surface area contributed by atoms with Crippen LogP contribution in [0.3, 0.4) is 0 Å². The van der Waals surface area contributed by atoms with Crippen LogP contribution >= 0.6 is 27.5 Å². The number of pyridine rings is 1. The van der Waals surface area contributed by atoms with Gasteiger partial charge in [-0.2, -0.15) is 0 Å². The topological polar surface area (TPSA) is 38.9 Å². The highest BCUT2D eigenvalue weighted by atomic mass is 79.9. The van der Waals surface area contributed by atoms with E-state index in [1.54, 1.807) is 0 Å². The SMILES string of the molecule is Nc1nc(CBr)cc(Cl)c1C(F)F. The Morgan fingerprint density at radius 3 is 2.62 bits per heavy atom. The van der Waals surface area contributed by atoms with E-state index in [1.165, 1.54) is 6.07 Å². The highest BCUT2D eigenvalue weighted by molar-refractivity contribution is 9.08. The van der Waals surface area contributed by atoms with Gasteiger partial charge in [0.05, 0.1) is 16.3 Å². The molecule has 2 nitrogen and oxygen atoms in total. The summed E-state index contributed by atoms with van der Waals surface area (Å²) in [5.74, 6) is -0.211. The zero-order valence-electron chi connectivity index (χ0n) is 6.40. The molecule has 0 atom stereocenters. The van der Waals surface area contributed by atoms with Gasteiger partial charge in [0.25, 0.3) is 6.43 Å². The van der Waals surface area contributed by atoms with Crippen molar-refractivity contribution < 1.29 is 8.78 Å². The summed E-state index contributed by atoms with van der Waals surface area (Å²) in [6.07, 6.45) is -2.69. The summed E-state index contributed by atoms with van der Waals surface area (Å²) in [6.45, 7) is 0. The molecule has 72 valence electrons. The van der Waals surface area contributed by atoms with E-state index in [2.05, 4.69) is 20.9 Å². The van der Waals surface area contributed by atoms with Crippen molar-refractivity contribution in [3.8, 4) is 0 Å². The van der Waals surface area contributed by atoms with Crippen LogP contribution in [0, 0.1) is 0 Å². The number of hydrogen-bond donors (Lipinski definition) is 1. The van der Waals surface area contributed by atoms with Crippen molar-refractivity contribution in [2.24, 2.45) is 0 Å². The van der Waals surface area contributed by atoms with Crippen LogP contribution in [-0.2, 0) is 5.33 Å². The lowest BCUT2D eigenvalue weighted by Gasteiger charge is -2.07. The van der Waals surface area contributed by atoms with E-state index in [0.29, 0.717) is 11.0 Å². The van der Waals surface area contributed by atoms with Gasteiger partial charge in [0.15, 0.2) is 0 Å². The molecule has 0 spiro atoms. The second kappa shape index (κ2) is 4.19. The molecule has 0 unspecified atom stereocenters. The molecule has 0 aliphatic heterocycles. The minimum absolute atomic E-state index is 0.0445. The summed E-state index contributed by atoms with van der Waals surface area (Å²) in [6, 6.07) is 1.37. The Kier molecular flexibility index (Phi) is 3.44. The van der Waals surface area contributed by atoms with Crippen molar-refractivity contribution in [3.05, 3.63) is 22.3 Å². The van der Waals surface area contributed by atoms with Crippen LogP contribution in [0.4, 0.5) is 14.6 Å². The molecule has 13 heavy (non-hydrogen) atoms. The van der Waals surface area contributed by atoms with Gasteiger partial charge in [-0.05, 0) is 6.07 Å². The molecule has 6 heteroatoms. The number of nitrogens with zero attached hydrogens (tertiary/aromatic N) is 1. The zero-order valence-corrected chi connectivity index (χ0v) is 8.74. The molecule has 1 heterocycles. The standard InChI is InChI=1S/C7H6BrClF2N2/c8-2-3-1-4(9)5(6(10)11)7(12)13-3/h1,6H,2H2,(H2,12,13). The maximum Gasteiger partial charge on any atom is 0.268 e. The van der Waals surface area contributed by atoms with Crippen LogP contribution in [0.15, 0.2) is 6.07 Å². The van der Waals surface area contributed by atoms with Crippen molar-refractivity contribution in [1.29, 1.82) is 0 Å². The summed E-state index contributed by atoms with van der Waals surface area (Å²) < 4.78 is 24.6. The molecule has 0 saturated carbocycles. The smallest absolute Gasteiger partial charge is 0.268 e. The van der Waals surface area contributed by atoms with Gasteiger partial charge in [-0.1, -0.05) is 27.5 Å². The van der Waals surface area contributed by atoms with Crippen LogP contribution in [0.2, 0.25) is 5.02 Å². The molecule has 1 aromatic heterocycles. The molecule has 0 aromatic carbocycles. The lowest BCUT2D eigenvalue weighted by molar-refractivity contribution is 0.152. The second-order valence-corrected chi connectivity index (χ2v) is 3.30. The first-order valence-corrected chi connectivity index (χ1v) is 4.85. The van der Waals surface area contributed by atoms with E-state index in [4.69, 9.17) is 17.3 Å². The van der Waals surface area contributed by atoms with Gasteiger partial charge in [0.2, 0.25) is 0 Å². The molecule has 0 aliphatic carbocycles. The molecule has 1 rings (SSSR count). The maximum absolute atomic E-state index is 12.3. The predicted octanol–water partition coefficient (Wildman–Crippen LogP) is 3.15. The van der Waals surface area contributed by atoms with E-state index in [9.17, 15) is 8.78 Å². The number of nitrogens with two attached hydrogens (primary N) is 1. The molecule has 0 bridgehead atoms. The summed E-state index contributed by atoms with van der Waals surface area (Å²) in [5, 5.41) is 0.386. The normalized spacial score (nSPS) is 10.8. The summed E-state index contributed by atoms with van der Waals surface area (Å²) in [7, 11) is 0. The number of hydrogen-bond acceptors (Lipinski definition) is 2. The fourth-order valence-electron chi connectivity index (χ4n) is 0.878. The van der Waals surface area contributed by atoms with Gasteiger partial charge in [0.1, 0.15) is 5.82 Å². The summed E-state index contributed by atoms with van der Waals surface area (Å²) in [4.78, 5) is 3.74. The fraction of sp³-hybridized carbons (Fsp3) is 0.286.